The second kappa shape index (κ2) is 9.89. The fourth-order valence-corrected chi connectivity index (χ4v) is 2.69. The summed E-state index contributed by atoms with van der Waals surface area (Å²) >= 11 is 0.882. The number of aromatic nitrogens is 1. The molecule has 0 atom stereocenters. The Morgan fingerprint density at radius 2 is 2.15 bits per heavy atom. The number of hydrogen-bond acceptors (Lipinski definition) is 5. The van der Waals surface area contributed by atoms with E-state index in [1.165, 1.54) is 0 Å². The molecule has 1 fully saturated rings. The third-order valence-electron chi connectivity index (χ3n) is 3.12. The number of guanidine groups is 1. The van der Waals surface area contributed by atoms with Crippen molar-refractivity contribution < 1.29 is 22.8 Å². The van der Waals surface area contributed by atoms with Crippen molar-refractivity contribution in [3.8, 4) is 0 Å². The molecule has 3 N–H and O–H groups in total. The van der Waals surface area contributed by atoms with Gasteiger partial charge in [0.05, 0.1) is 13.1 Å². The Labute approximate surface area is 168 Å². The molecule has 3 amide bonds. The molecule has 0 aliphatic carbocycles. The highest BCUT2D eigenvalue weighted by Crippen LogP contribution is 2.30. The Balaban J connectivity index is 0.00000338. The molecule has 1 aliphatic rings. The highest BCUT2D eigenvalue weighted by Gasteiger charge is 2.33. The summed E-state index contributed by atoms with van der Waals surface area (Å²) < 4.78 is 37.6. The number of carbonyl (C=O) groups is 2. The number of carbonyl (C=O) groups excluding carboxylic acids is 2. The van der Waals surface area contributed by atoms with Crippen molar-refractivity contribution >= 4 is 53.2 Å². The van der Waals surface area contributed by atoms with Crippen LogP contribution in [0.25, 0.3) is 0 Å². The number of alkyl halides is 3. The van der Waals surface area contributed by atoms with E-state index in [-0.39, 0.29) is 61.1 Å². The summed E-state index contributed by atoms with van der Waals surface area (Å²) in [6.45, 7) is 2.76. The molecule has 146 valence electrons. The summed E-state index contributed by atoms with van der Waals surface area (Å²) in [5.74, 6) is 0.0505. The molecule has 1 aromatic heterocycles. The minimum atomic E-state index is -4.47. The maximum atomic E-state index is 12.5. The highest BCUT2D eigenvalue weighted by molar-refractivity contribution is 14.0. The molecule has 1 aliphatic heterocycles. The molecule has 8 nitrogen and oxygen atoms in total. The average molecular weight is 506 g/mol. The Kier molecular flexibility index (Phi) is 8.52. The zero-order valence-corrected chi connectivity index (χ0v) is 16.9. The molecule has 0 bridgehead atoms. The lowest BCUT2D eigenvalue weighted by Gasteiger charge is -2.15. The van der Waals surface area contributed by atoms with Crippen LogP contribution in [0.3, 0.4) is 0 Å². The van der Waals surface area contributed by atoms with Crippen LogP contribution in [-0.2, 0) is 17.5 Å². The van der Waals surface area contributed by atoms with Gasteiger partial charge in [0.25, 0.3) is 0 Å². The lowest BCUT2D eigenvalue weighted by atomic mass is 10.5. The number of nitrogens with one attached hydrogen (secondary N) is 3. The van der Waals surface area contributed by atoms with E-state index in [0.29, 0.717) is 12.5 Å². The van der Waals surface area contributed by atoms with Crippen molar-refractivity contribution in [1.29, 1.82) is 0 Å². The van der Waals surface area contributed by atoms with Crippen LogP contribution in [0.5, 0.6) is 0 Å². The molecule has 2 rings (SSSR count). The molecule has 0 unspecified atom stereocenters. The molecule has 0 saturated carbocycles. The van der Waals surface area contributed by atoms with Crippen LogP contribution in [0.2, 0.25) is 0 Å². The van der Waals surface area contributed by atoms with E-state index in [1.807, 2.05) is 6.92 Å². The number of halogens is 4. The van der Waals surface area contributed by atoms with E-state index in [4.69, 9.17) is 0 Å². The van der Waals surface area contributed by atoms with Crippen LogP contribution in [0.1, 0.15) is 17.6 Å². The van der Waals surface area contributed by atoms with E-state index in [9.17, 15) is 22.8 Å². The number of urea groups is 1. The van der Waals surface area contributed by atoms with Gasteiger partial charge < -0.3 is 16.0 Å². The van der Waals surface area contributed by atoms with Crippen molar-refractivity contribution in [3.63, 3.8) is 0 Å². The van der Waals surface area contributed by atoms with Crippen molar-refractivity contribution in [2.24, 2.45) is 4.99 Å². The summed E-state index contributed by atoms with van der Waals surface area (Å²) in [4.78, 5) is 31.6. The fraction of sp³-hybridized carbons (Fsp3) is 0.538. The van der Waals surface area contributed by atoms with Gasteiger partial charge in [-0.05, 0) is 6.92 Å². The van der Waals surface area contributed by atoms with Crippen LogP contribution in [-0.4, -0.2) is 54.0 Å². The monoisotopic (exact) mass is 506 g/mol. The van der Waals surface area contributed by atoms with Crippen LogP contribution >= 0.6 is 35.3 Å². The van der Waals surface area contributed by atoms with Gasteiger partial charge in [-0.1, -0.05) is 0 Å². The van der Waals surface area contributed by atoms with Gasteiger partial charge in [-0.25, -0.2) is 14.8 Å². The van der Waals surface area contributed by atoms with Gasteiger partial charge in [-0.2, -0.15) is 13.2 Å². The normalized spacial score (nSPS) is 14.9. The van der Waals surface area contributed by atoms with Gasteiger partial charge in [-0.3, -0.25) is 9.69 Å². The first-order valence-corrected chi connectivity index (χ1v) is 8.31. The summed E-state index contributed by atoms with van der Waals surface area (Å²) in [6.07, 6.45) is -4.47. The van der Waals surface area contributed by atoms with Crippen molar-refractivity contribution in [1.82, 2.24) is 25.8 Å². The standard InChI is InChI=1S/C13H17F3N6O2S.HI/c1-2-17-11(18-3-4-22-10(23)6-20-12(22)24)19-5-9-21-8(7-25-9)13(14,15)16;/h7H,2-6H2,1H3,(H,20,24)(H2,17,18,19);1H. The van der Waals surface area contributed by atoms with E-state index >= 15 is 0 Å². The van der Waals surface area contributed by atoms with Crippen LogP contribution in [0, 0.1) is 0 Å². The van der Waals surface area contributed by atoms with E-state index < -0.39 is 17.9 Å². The van der Waals surface area contributed by atoms with Crippen molar-refractivity contribution in [2.75, 3.05) is 26.2 Å². The zero-order valence-electron chi connectivity index (χ0n) is 13.7. The molecular formula is C13H18F3IN6O2S. The Morgan fingerprint density at radius 3 is 2.69 bits per heavy atom. The second-order valence-corrected chi connectivity index (χ2v) is 5.89. The van der Waals surface area contributed by atoms with Gasteiger partial charge in [0.1, 0.15) is 5.01 Å². The SMILES string of the molecule is CCNC(=NCc1nc(C(F)(F)F)cs1)NCCN1C(=O)CNC1=O.I. The van der Waals surface area contributed by atoms with Gasteiger partial charge in [0.15, 0.2) is 11.7 Å². The van der Waals surface area contributed by atoms with Gasteiger partial charge in [0, 0.05) is 25.0 Å². The number of rotatable bonds is 6. The van der Waals surface area contributed by atoms with Crippen LogP contribution < -0.4 is 16.0 Å². The molecule has 0 aromatic carbocycles. The minimum absolute atomic E-state index is 0. The third kappa shape index (κ3) is 6.26. The van der Waals surface area contributed by atoms with Crippen molar-refractivity contribution in [2.45, 2.75) is 19.6 Å². The van der Waals surface area contributed by atoms with E-state index in [2.05, 4.69) is 25.9 Å². The lowest BCUT2D eigenvalue weighted by molar-refractivity contribution is -0.140. The number of aliphatic imine (C=N–C) groups is 1. The smallest absolute Gasteiger partial charge is 0.357 e. The highest BCUT2D eigenvalue weighted by atomic mass is 127. The van der Waals surface area contributed by atoms with Gasteiger partial charge in [-0.15, -0.1) is 35.3 Å². The molecule has 26 heavy (non-hydrogen) atoms. The summed E-state index contributed by atoms with van der Waals surface area (Å²) in [7, 11) is 0. The second-order valence-electron chi connectivity index (χ2n) is 4.95. The molecule has 0 spiro atoms. The summed E-state index contributed by atoms with van der Waals surface area (Å²) in [5, 5.41) is 9.43. The van der Waals surface area contributed by atoms with Crippen LogP contribution in [0.15, 0.2) is 10.4 Å². The lowest BCUT2D eigenvalue weighted by Crippen LogP contribution is -2.43. The minimum Gasteiger partial charge on any atom is -0.357 e. The average Bonchev–Trinajstić information content (AvgIpc) is 3.14. The topological polar surface area (TPSA) is 98.7 Å². The molecule has 0 radical (unpaired) electrons. The van der Waals surface area contributed by atoms with Gasteiger partial charge in [0.2, 0.25) is 5.91 Å². The number of nitrogens with zero attached hydrogens (tertiary/aromatic N) is 3. The summed E-state index contributed by atoms with van der Waals surface area (Å²) in [5.41, 5.74) is -0.931. The van der Waals surface area contributed by atoms with E-state index in [0.717, 1.165) is 21.6 Å². The molecular weight excluding hydrogens is 488 g/mol. The molecule has 2 heterocycles. The van der Waals surface area contributed by atoms with Crippen LogP contribution in [0.4, 0.5) is 18.0 Å². The molecule has 1 aromatic rings. The first-order chi connectivity index (χ1) is 11.8. The Hall–Kier alpha value is -1.64. The zero-order chi connectivity index (χ0) is 18.4. The number of amides is 3. The third-order valence-corrected chi connectivity index (χ3v) is 3.96. The fourth-order valence-electron chi connectivity index (χ4n) is 1.97. The first-order valence-electron chi connectivity index (χ1n) is 7.43. The predicted molar refractivity (Wildman–Crippen MR) is 100 cm³/mol. The molecule has 13 heteroatoms. The molecule has 1 saturated heterocycles. The Morgan fingerprint density at radius 1 is 1.42 bits per heavy atom. The number of thiazole rings is 1. The Bertz CT molecular complexity index is 651. The van der Waals surface area contributed by atoms with Crippen molar-refractivity contribution in [3.05, 3.63) is 16.1 Å². The number of hydrogen-bond donors (Lipinski definition) is 3. The van der Waals surface area contributed by atoms with E-state index in [1.54, 1.807) is 0 Å². The maximum Gasteiger partial charge on any atom is 0.434 e. The predicted octanol–water partition coefficient (Wildman–Crippen LogP) is 1.39. The quantitative estimate of drug-likeness (QED) is 0.235. The summed E-state index contributed by atoms with van der Waals surface area (Å²) in [6, 6.07) is -0.448. The first kappa shape index (κ1) is 22.4. The number of imide groups is 1. The van der Waals surface area contributed by atoms with Gasteiger partial charge >= 0.3 is 12.2 Å². The largest absolute Gasteiger partial charge is 0.434 e. The maximum absolute atomic E-state index is 12.5.